The quantitative estimate of drug-likeness (QED) is 0.550. The molecule has 35 heavy (non-hydrogen) atoms. The largest absolute Gasteiger partial charge is 0.508 e. The molecule has 1 saturated heterocycles. The molecule has 188 valence electrons. The zero-order chi connectivity index (χ0) is 25.3. The maximum Gasteiger partial charge on any atom is 0.286 e. The van der Waals surface area contributed by atoms with Crippen molar-refractivity contribution in [2.75, 3.05) is 36.1 Å². The zero-order valence-electron chi connectivity index (χ0n) is 20.7. The van der Waals surface area contributed by atoms with Gasteiger partial charge in [-0.2, -0.15) is 5.10 Å². The minimum atomic E-state index is -0.680. The van der Waals surface area contributed by atoms with E-state index >= 15 is 0 Å². The summed E-state index contributed by atoms with van der Waals surface area (Å²) in [5.74, 6) is 0.156. The average molecular weight is 483 g/mol. The summed E-state index contributed by atoms with van der Waals surface area (Å²) < 4.78 is 5.43. The molecule has 0 aliphatic carbocycles. The number of anilines is 2. The molecule has 1 amide bonds. The average Bonchev–Trinajstić information content (AvgIpc) is 3.25. The number of nitrogens with two attached hydrogens (primary N) is 1. The second kappa shape index (κ2) is 9.99. The number of rotatable bonds is 7. The van der Waals surface area contributed by atoms with Crippen molar-refractivity contribution in [1.82, 2.24) is 9.99 Å². The van der Waals surface area contributed by atoms with E-state index in [0.717, 1.165) is 25.3 Å². The van der Waals surface area contributed by atoms with E-state index in [0.29, 0.717) is 30.0 Å². The predicted molar refractivity (Wildman–Crippen MR) is 135 cm³/mol. The fourth-order valence-electron chi connectivity index (χ4n) is 4.47. The molecule has 0 bridgehead atoms. The van der Waals surface area contributed by atoms with Gasteiger partial charge in [-0.25, -0.2) is 4.98 Å². The first-order valence-electron chi connectivity index (χ1n) is 12.0. The number of pyridine rings is 1. The number of phenolic OH excluding ortho intramolecular Hbond substituents is 2. The lowest BCUT2D eigenvalue weighted by atomic mass is 9.96. The van der Waals surface area contributed by atoms with Crippen LogP contribution in [0.2, 0.25) is 0 Å². The van der Waals surface area contributed by atoms with Crippen molar-refractivity contribution in [3.05, 3.63) is 41.6 Å². The van der Waals surface area contributed by atoms with Gasteiger partial charge in [-0.3, -0.25) is 14.7 Å². The van der Waals surface area contributed by atoms with Crippen LogP contribution in [-0.2, 0) is 9.53 Å². The molecule has 4 rings (SSSR count). The molecule has 4 N–H and O–H groups in total. The smallest absolute Gasteiger partial charge is 0.286 e. The molecule has 1 aromatic heterocycles. The van der Waals surface area contributed by atoms with Crippen LogP contribution in [0.1, 0.15) is 57.3 Å². The summed E-state index contributed by atoms with van der Waals surface area (Å²) in [5.41, 5.74) is 7.60. The molecule has 2 atom stereocenters. The summed E-state index contributed by atoms with van der Waals surface area (Å²) in [6.07, 6.45) is 1.79. The SMILES string of the molecule is CCC(C)N1N=C(C(N)=O)N(c2ccc(N3CCOCC3)nc2)C1c1cc(C(C)C)c(O)cc1O. The van der Waals surface area contributed by atoms with E-state index in [-0.39, 0.29) is 29.3 Å². The number of primary amides is 1. The maximum atomic E-state index is 12.5. The highest BCUT2D eigenvalue weighted by Crippen LogP contribution is 2.43. The fourth-order valence-corrected chi connectivity index (χ4v) is 4.47. The first-order chi connectivity index (χ1) is 16.7. The fraction of sp³-hybridized carbons (Fsp3) is 0.480. The normalized spacial score (nSPS) is 19.3. The van der Waals surface area contributed by atoms with Crippen LogP contribution in [0.15, 0.2) is 35.6 Å². The van der Waals surface area contributed by atoms with Crippen LogP contribution in [0.25, 0.3) is 0 Å². The van der Waals surface area contributed by atoms with Gasteiger partial charge in [0.1, 0.15) is 17.3 Å². The number of aromatic nitrogens is 1. The highest BCUT2D eigenvalue weighted by Gasteiger charge is 2.42. The van der Waals surface area contributed by atoms with Crippen molar-refractivity contribution in [1.29, 1.82) is 0 Å². The van der Waals surface area contributed by atoms with E-state index in [1.807, 2.05) is 39.8 Å². The lowest BCUT2D eigenvalue weighted by molar-refractivity contribution is -0.112. The van der Waals surface area contributed by atoms with E-state index in [2.05, 4.69) is 15.0 Å². The molecular formula is C25H34N6O4. The molecule has 0 spiro atoms. The van der Waals surface area contributed by atoms with Crippen LogP contribution in [0.5, 0.6) is 11.5 Å². The van der Waals surface area contributed by atoms with Crippen LogP contribution in [0.3, 0.4) is 0 Å². The van der Waals surface area contributed by atoms with Crippen molar-refractivity contribution in [2.45, 2.75) is 52.2 Å². The van der Waals surface area contributed by atoms with Crippen molar-refractivity contribution in [2.24, 2.45) is 10.8 Å². The third-order valence-electron chi connectivity index (χ3n) is 6.62. The lowest BCUT2D eigenvalue weighted by Crippen LogP contribution is -2.42. The highest BCUT2D eigenvalue weighted by atomic mass is 16.5. The molecular weight excluding hydrogens is 448 g/mol. The molecule has 0 radical (unpaired) electrons. The van der Waals surface area contributed by atoms with Gasteiger partial charge in [0.2, 0.25) is 5.84 Å². The van der Waals surface area contributed by atoms with Crippen LogP contribution < -0.4 is 15.5 Å². The molecule has 1 aromatic carbocycles. The third-order valence-corrected chi connectivity index (χ3v) is 6.62. The highest BCUT2D eigenvalue weighted by molar-refractivity contribution is 6.43. The summed E-state index contributed by atoms with van der Waals surface area (Å²) >= 11 is 0. The molecule has 2 aromatic rings. The monoisotopic (exact) mass is 482 g/mol. The number of amidine groups is 1. The lowest BCUT2D eigenvalue weighted by Gasteiger charge is -2.35. The number of amides is 1. The van der Waals surface area contributed by atoms with Gasteiger partial charge in [0, 0.05) is 30.8 Å². The van der Waals surface area contributed by atoms with Gasteiger partial charge in [-0.1, -0.05) is 20.8 Å². The van der Waals surface area contributed by atoms with Crippen molar-refractivity contribution < 1.29 is 19.7 Å². The predicted octanol–water partition coefficient (Wildman–Crippen LogP) is 2.87. The van der Waals surface area contributed by atoms with Gasteiger partial charge >= 0.3 is 0 Å². The van der Waals surface area contributed by atoms with E-state index in [9.17, 15) is 15.0 Å². The Labute approximate surface area is 205 Å². The van der Waals surface area contributed by atoms with E-state index in [4.69, 9.17) is 10.5 Å². The van der Waals surface area contributed by atoms with Crippen molar-refractivity contribution in [3.63, 3.8) is 0 Å². The summed E-state index contributed by atoms with van der Waals surface area (Å²) in [7, 11) is 0. The van der Waals surface area contributed by atoms with Crippen LogP contribution in [0.4, 0.5) is 11.5 Å². The second-order valence-electron chi connectivity index (χ2n) is 9.27. The number of carbonyl (C=O) groups is 1. The Morgan fingerprint density at radius 2 is 1.89 bits per heavy atom. The van der Waals surface area contributed by atoms with Crippen molar-refractivity contribution >= 4 is 23.2 Å². The summed E-state index contributed by atoms with van der Waals surface area (Å²) in [6.45, 7) is 10.8. The first kappa shape index (κ1) is 24.6. The van der Waals surface area contributed by atoms with Crippen LogP contribution >= 0.6 is 0 Å². The zero-order valence-corrected chi connectivity index (χ0v) is 20.7. The van der Waals surface area contributed by atoms with Crippen LogP contribution in [0, 0.1) is 0 Å². The number of hydrogen-bond acceptors (Lipinski definition) is 9. The Kier molecular flexibility index (Phi) is 7.02. The number of morpholine rings is 1. The van der Waals surface area contributed by atoms with Gasteiger partial charge in [0.05, 0.1) is 25.1 Å². The number of hydrazone groups is 1. The Hall–Kier alpha value is -3.53. The second-order valence-corrected chi connectivity index (χ2v) is 9.27. The van der Waals surface area contributed by atoms with Gasteiger partial charge in [0.15, 0.2) is 6.17 Å². The summed E-state index contributed by atoms with van der Waals surface area (Å²) in [6, 6.07) is 6.84. The number of benzene rings is 1. The Morgan fingerprint density at radius 1 is 1.17 bits per heavy atom. The molecule has 0 saturated carbocycles. The third kappa shape index (κ3) is 4.70. The molecule has 2 aliphatic heterocycles. The molecule has 3 heterocycles. The Morgan fingerprint density at radius 3 is 2.46 bits per heavy atom. The van der Waals surface area contributed by atoms with E-state index in [1.54, 1.807) is 22.2 Å². The molecule has 1 fully saturated rings. The standard InChI is InChI=1S/C25H34N6O4/c1-5-16(4)31-25(19-12-18(15(2)3)20(32)13-21(19)33)30(24(28-31)23(26)34)17-6-7-22(27-14-17)29-8-10-35-11-9-29/h6-7,12-16,25,32-33H,5,8-11H2,1-4H3,(H2,26,34). The summed E-state index contributed by atoms with van der Waals surface area (Å²) in [4.78, 5) is 21.0. The Bertz CT molecular complexity index is 1100. The number of phenols is 2. The minimum absolute atomic E-state index is 0.0206. The number of carbonyl (C=O) groups excluding carboxylic acids is 1. The molecule has 10 heteroatoms. The number of aromatic hydroxyl groups is 2. The van der Waals surface area contributed by atoms with Gasteiger partial charge in [-0.05, 0) is 43.0 Å². The topological polar surface area (TPSA) is 128 Å². The van der Waals surface area contributed by atoms with Crippen molar-refractivity contribution in [3.8, 4) is 11.5 Å². The maximum absolute atomic E-state index is 12.5. The van der Waals surface area contributed by atoms with E-state index in [1.165, 1.54) is 6.07 Å². The van der Waals surface area contributed by atoms with E-state index < -0.39 is 12.1 Å². The van der Waals surface area contributed by atoms with Crippen LogP contribution in [-0.4, -0.2) is 64.3 Å². The van der Waals surface area contributed by atoms with Gasteiger partial charge in [0.25, 0.3) is 5.91 Å². The first-order valence-corrected chi connectivity index (χ1v) is 12.0. The number of nitrogens with zero attached hydrogens (tertiary/aromatic N) is 5. The number of ether oxygens (including phenoxy) is 1. The van der Waals surface area contributed by atoms with Gasteiger partial charge < -0.3 is 25.6 Å². The van der Waals surface area contributed by atoms with Gasteiger partial charge in [-0.15, -0.1) is 0 Å². The minimum Gasteiger partial charge on any atom is -0.508 e. The Balaban J connectivity index is 1.82. The summed E-state index contributed by atoms with van der Waals surface area (Å²) in [5, 5.41) is 27.7. The molecule has 10 nitrogen and oxygen atoms in total. The molecule has 2 aliphatic rings. The molecule has 2 unspecified atom stereocenters. The number of hydrogen-bond donors (Lipinski definition) is 3.